The third-order valence-corrected chi connectivity index (χ3v) is 10.3. The van der Waals surface area contributed by atoms with E-state index in [9.17, 15) is 21.6 Å². The van der Waals surface area contributed by atoms with Crippen LogP contribution in [0, 0.1) is 20.8 Å². The van der Waals surface area contributed by atoms with Gasteiger partial charge in [0.05, 0.1) is 23.4 Å². The first-order valence-corrected chi connectivity index (χ1v) is 16.3. The third-order valence-electron chi connectivity index (χ3n) is 7.16. The SMILES string of the molecule is Cc1ccc(NC(=O)c2ccc(CN(c3c(C)cccc3C)S(C)(=O)=O)cc2)cc1S(=O)(=O)N1CCN(C)CC1. The molecule has 0 radical (unpaired) electrons. The predicted octanol–water partition coefficient (Wildman–Crippen LogP) is 3.77. The molecule has 3 aromatic carbocycles. The van der Waals surface area contributed by atoms with Crippen LogP contribution in [0.3, 0.4) is 0 Å². The molecule has 1 fully saturated rings. The molecule has 0 aromatic heterocycles. The topological polar surface area (TPSA) is 107 Å². The molecule has 1 amide bonds. The second kappa shape index (κ2) is 11.7. The first-order valence-electron chi connectivity index (χ1n) is 13.0. The van der Waals surface area contributed by atoms with Gasteiger partial charge in [-0.3, -0.25) is 9.10 Å². The second-order valence-corrected chi connectivity index (χ2v) is 14.2. The van der Waals surface area contributed by atoms with E-state index in [0.29, 0.717) is 48.7 Å². The summed E-state index contributed by atoms with van der Waals surface area (Å²) in [5, 5.41) is 2.80. The Labute approximate surface area is 237 Å². The van der Waals surface area contributed by atoms with Crippen molar-refractivity contribution in [3.63, 3.8) is 0 Å². The number of aryl methyl sites for hydroxylation is 3. The maximum Gasteiger partial charge on any atom is 0.255 e. The van der Waals surface area contributed by atoms with Crippen LogP contribution < -0.4 is 9.62 Å². The van der Waals surface area contributed by atoms with E-state index in [1.165, 1.54) is 20.9 Å². The lowest BCUT2D eigenvalue weighted by atomic mass is 10.1. The minimum Gasteiger partial charge on any atom is -0.322 e. The van der Waals surface area contributed by atoms with Crippen LogP contribution in [0.15, 0.2) is 65.6 Å². The Balaban J connectivity index is 1.51. The minimum atomic E-state index is -3.70. The maximum atomic E-state index is 13.3. The molecule has 40 heavy (non-hydrogen) atoms. The molecule has 0 bridgehead atoms. The van der Waals surface area contributed by atoms with Gasteiger partial charge in [-0.2, -0.15) is 4.31 Å². The molecule has 11 heteroatoms. The van der Waals surface area contributed by atoms with E-state index in [4.69, 9.17) is 0 Å². The van der Waals surface area contributed by atoms with E-state index >= 15 is 0 Å². The van der Waals surface area contributed by atoms with Gasteiger partial charge in [-0.05, 0) is 74.3 Å². The normalized spacial score (nSPS) is 15.1. The molecule has 3 aromatic rings. The molecule has 1 saturated heterocycles. The van der Waals surface area contributed by atoms with Gasteiger partial charge in [0, 0.05) is 37.4 Å². The van der Waals surface area contributed by atoms with Gasteiger partial charge in [0.15, 0.2) is 0 Å². The van der Waals surface area contributed by atoms with Crippen molar-refractivity contribution in [1.29, 1.82) is 0 Å². The van der Waals surface area contributed by atoms with Gasteiger partial charge in [0.25, 0.3) is 5.91 Å². The monoisotopic (exact) mass is 584 g/mol. The summed E-state index contributed by atoms with van der Waals surface area (Å²) in [6.45, 7) is 7.78. The molecule has 9 nitrogen and oxygen atoms in total. The van der Waals surface area contributed by atoms with Crippen LogP contribution in [0.2, 0.25) is 0 Å². The highest BCUT2D eigenvalue weighted by molar-refractivity contribution is 7.92. The first-order chi connectivity index (χ1) is 18.8. The average molecular weight is 585 g/mol. The van der Waals surface area contributed by atoms with Gasteiger partial charge in [0.1, 0.15) is 0 Å². The van der Waals surface area contributed by atoms with Crippen molar-refractivity contribution in [3.05, 3.63) is 88.5 Å². The molecule has 214 valence electrons. The largest absolute Gasteiger partial charge is 0.322 e. The summed E-state index contributed by atoms with van der Waals surface area (Å²) in [5.41, 5.74) is 4.44. The molecule has 0 unspecified atom stereocenters. The van der Waals surface area contributed by atoms with Crippen molar-refractivity contribution in [2.45, 2.75) is 32.2 Å². The summed E-state index contributed by atoms with van der Waals surface area (Å²) in [7, 11) is -5.29. The standard InChI is InChI=1S/C29H36N4O5S2/c1-21-9-14-26(19-27(21)40(37,38)32-17-15-31(4)16-18-32)30-29(34)25-12-10-24(11-13-25)20-33(39(5,35)36)28-22(2)7-6-8-23(28)3/h6-14,19H,15-18,20H2,1-5H3,(H,30,34). The van der Waals surface area contributed by atoms with E-state index in [1.807, 2.05) is 39.1 Å². The van der Waals surface area contributed by atoms with Crippen LogP contribution in [0.1, 0.15) is 32.6 Å². The zero-order chi connectivity index (χ0) is 29.2. The van der Waals surface area contributed by atoms with E-state index in [1.54, 1.807) is 43.3 Å². The van der Waals surface area contributed by atoms with Crippen molar-refractivity contribution in [1.82, 2.24) is 9.21 Å². The van der Waals surface area contributed by atoms with Crippen molar-refractivity contribution >= 4 is 37.3 Å². The molecule has 1 heterocycles. The number of likely N-dealkylation sites (N-methyl/N-ethyl adjacent to an activating group) is 1. The Morgan fingerprint density at radius 2 is 1.45 bits per heavy atom. The number of rotatable bonds is 8. The first kappa shape index (κ1) is 29.7. The minimum absolute atomic E-state index is 0.123. The summed E-state index contributed by atoms with van der Waals surface area (Å²) < 4.78 is 54.8. The number of nitrogens with zero attached hydrogens (tertiary/aromatic N) is 3. The highest BCUT2D eigenvalue weighted by Gasteiger charge is 2.29. The van der Waals surface area contributed by atoms with Crippen LogP contribution in [0.25, 0.3) is 0 Å². The van der Waals surface area contributed by atoms with Crippen LogP contribution in [0.5, 0.6) is 0 Å². The summed E-state index contributed by atoms with van der Waals surface area (Å²) in [4.78, 5) is 15.3. The Morgan fingerprint density at radius 1 is 0.850 bits per heavy atom. The highest BCUT2D eigenvalue weighted by Crippen LogP contribution is 2.29. The Bertz CT molecular complexity index is 1590. The third kappa shape index (κ3) is 6.55. The number of para-hydroxylation sites is 1. The van der Waals surface area contributed by atoms with E-state index in [2.05, 4.69) is 10.2 Å². The number of anilines is 2. The maximum absolute atomic E-state index is 13.3. The number of amides is 1. The summed E-state index contributed by atoms with van der Waals surface area (Å²) in [6, 6.07) is 17.2. The predicted molar refractivity (Wildman–Crippen MR) is 159 cm³/mol. The van der Waals surface area contributed by atoms with Crippen LogP contribution in [0.4, 0.5) is 11.4 Å². The van der Waals surface area contributed by atoms with Gasteiger partial charge in [-0.25, -0.2) is 16.8 Å². The fourth-order valence-corrected chi connectivity index (χ4v) is 7.49. The zero-order valence-corrected chi connectivity index (χ0v) is 25.1. The van der Waals surface area contributed by atoms with E-state index in [-0.39, 0.29) is 11.4 Å². The zero-order valence-electron chi connectivity index (χ0n) is 23.5. The quantitative estimate of drug-likeness (QED) is 0.432. The lowest BCUT2D eigenvalue weighted by Gasteiger charge is -2.32. The van der Waals surface area contributed by atoms with Crippen LogP contribution in [-0.2, 0) is 26.6 Å². The molecule has 0 atom stereocenters. The van der Waals surface area contributed by atoms with Gasteiger partial charge in [-0.15, -0.1) is 0 Å². The lowest BCUT2D eigenvalue weighted by molar-refractivity contribution is 0.102. The van der Waals surface area contributed by atoms with E-state index < -0.39 is 26.0 Å². The number of hydrogen-bond donors (Lipinski definition) is 1. The van der Waals surface area contributed by atoms with Gasteiger partial charge in [0.2, 0.25) is 20.0 Å². The molecule has 1 aliphatic heterocycles. The van der Waals surface area contributed by atoms with Crippen molar-refractivity contribution in [2.75, 3.05) is 49.1 Å². The molecule has 0 saturated carbocycles. The number of benzene rings is 3. The number of piperazine rings is 1. The lowest BCUT2D eigenvalue weighted by Crippen LogP contribution is -2.47. The number of nitrogens with one attached hydrogen (secondary N) is 1. The van der Waals surface area contributed by atoms with Crippen molar-refractivity contribution in [2.24, 2.45) is 0 Å². The molecular weight excluding hydrogens is 548 g/mol. The number of carbonyl (C=O) groups is 1. The molecule has 1 N–H and O–H groups in total. The second-order valence-electron chi connectivity index (χ2n) is 10.3. The molecule has 0 spiro atoms. The van der Waals surface area contributed by atoms with Gasteiger partial charge >= 0.3 is 0 Å². The van der Waals surface area contributed by atoms with Gasteiger partial charge in [-0.1, -0.05) is 36.4 Å². The molecule has 0 aliphatic carbocycles. The fourth-order valence-electron chi connectivity index (χ4n) is 4.82. The van der Waals surface area contributed by atoms with Crippen LogP contribution in [-0.4, -0.2) is 71.4 Å². The smallest absolute Gasteiger partial charge is 0.255 e. The number of carbonyl (C=O) groups excluding carboxylic acids is 1. The molecule has 1 aliphatic rings. The van der Waals surface area contributed by atoms with E-state index in [0.717, 1.165) is 16.7 Å². The number of hydrogen-bond acceptors (Lipinski definition) is 6. The number of sulfonamides is 2. The van der Waals surface area contributed by atoms with Crippen molar-refractivity contribution in [3.8, 4) is 0 Å². The molecular formula is C29H36N4O5S2. The van der Waals surface area contributed by atoms with Crippen LogP contribution >= 0.6 is 0 Å². The Kier molecular flexibility index (Phi) is 8.69. The molecule has 4 rings (SSSR count). The Hall–Kier alpha value is -3.25. The van der Waals surface area contributed by atoms with Crippen molar-refractivity contribution < 1.29 is 21.6 Å². The Morgan fingerprint density at radius 3 is 2.02 bits per heavy atom. The average Bonchev–Trinajstić information content (AvgIpc) is 2.89. The summed E-state index contributed by atoms with van der Waals surface area (Å²) in [6.07, 6.45) is 1.18. The van der Waals surface area contributed by atoms with Gasteiger partial charge < -0.3 is 10.2 Å². The fraction of sp³-hybridized carbons (Fsp3) is 0.345. The summed E-state index contributed by atoms with van der Waals surface area (Å²) in [5.74, 6) is -0.395. The summed E-state index contributed by atoms with van der Waals surface area (Å²) >= 11 is 0. The highest BCUT2D eigenvalue weighted by atomic mass is 32.2.